The Labute approximate surface area is 72.4 Å². The largest absolute Gasteiger partial charge is 0.375 e. The van der Waals surface area contributed by atoms with Crippen molar-refractivity contribution in [1.29, 1.82) is 0 Å². The predicted molar refractivity (Wildman–Crippen MR) is 44.0 cm³/mol. The average molecular weight is 169 g/mol. The van der Waals surface area contributed by atoms with Gasteiger partial charge < -0.3 is 14.8 Å². The Morgan fingerprint density at radius 3 is 2.92 bits per heavy atom. The summed E-state index contributed by atoms with van der Waals surface area (Å²) in [6.07, 6.45) is 2.92. The molecule has 0 aromatic rings. The number of nitrogens with one attached hydrogen (secondary N) is 1. The minimum atomic E-state index is 0.140. The fourth-order valence-electron chi connectivity index (χ4n) is 2.62. The molecule has 0 radical (unpaired) electrons. The molecule has 0 aromatic carbocycles. The van der Waals surface area contributed by atoms with E-state index in [4.69, 9.17) is 9.47 Å². The van der Waals surface area contributed by atoms with Gasteiger partial charge in [0, 0.05) is 12.5 Å². The smallest absolute Gasteiger partial charge is 0.115 e. The van der Waals surface area contributed by atoms with Crippen molar-refractivity contribution in [3.05, 3.63) is 0 Å². The van der Waals surface area contributed by atoms with Gasteiger partial charge in [-0.1, -0.05) is 0 Å². The van der Waals surface area contributed by atoms with E-state index >= 15 is 0 Å². The molecule has 68 valence electrons. The third-order valence-electron chi connectivity index (χ3n) is 3.30. The van der Waals surface area contributed by atoms with E-state index in [0.717, 1.165) is 32.2 Å². The molecule has 1 spiro atoms. The van der Waals surface area contributed by atoms with Crippen molar-refractivity contribution in [1.82, 2.24) is 5.32 Å². The van der Waals surface area contributed by atoms with Crippen LogP contribution in [-0.4, -0.2) is 38.0 Å². The Kier molecular flexibility index (Phi) is 1.48. The lowest BCUT2D eigenvalue weighted by Crippen LogP contribution is -2.49. The van der Waals surface area contributed by atoms with Gasteiger partial charge in [-0.3, -0.25) is 0 Å². The summed E-state index contributed by atoms with van der Waals surface area (Å²) in [5, 5.41) is 3.42. The molecule has 0 aliphatic carbocycles. The molecule has 3 rings (SSSR count). The zero-order valence-corrected chi connectivity index (χ0v) is 7.21. The first-order valence-corrected chi connectivity index (χ1v) is 4.84. The number of fused-ring (bicyclic) bond motifs is 1. The van der Waals surface area contributed by atoms with Crippen LogP contribution in [0.15, 0.2) is 0 Å². The van der Waals surface area contributed by atoms with Crippen LogP contribution in [0, 0.1) is 5.92 Å². The van der Waals surface area contributed by atoms with Crippen molar-refractivity contribution in [3.63, 3.8) is 0 Å². The summed E-state index contributed by atoms with van der Waals surface area (Å²) in [6.45, 7) is 3.94. The van der Waals surface area contributed by atoms with Crippen molar-refractivity contribution < 1.29 is 9.47 Å². The second-order valence-corrected chi connectivity index (χ2v) is 4.29. The SMILES string of the molecule is C1CC2OC3(COC3)CC2CN1. The van der Waals surface area contributed by atoms with Crippen LogP contribution >= 0.6 is 0 Å². The third kappa shape index (κ3) is 0.934. The van der Waals surface area contributed by atoms with Crippen LogP contribution in [-0.2, 0) is 9.47 Å². The Bertz CT molecular complexity index is 175. The quantitative estimate of drug-likeness (QED) is 0.560. The average Bonchev–Trinajstić information content (AvgIpc) is 2.42. The standard InChI is InChI=1S/C9H15NO2/c1-2-10-4-7-3-9(5-11-6-9)12-8(1)7/h7-8,10H,1-6H2. The number of ether oxygens (including phenoxy) is 2. The van der Waals surface area contributed by atoms with E-state index in [1.54, 1.807) is 0 Å². The van der Waals surface area contributed by atoms with Crippen LogP contribution in [0.5, 0.6) is 0 Å². The minimum absolute atomic E-state index is 0.140. The summed E-state index contributed by atoms with van der Waals surface area (Å²) in [7, 11) is 0. The van der Waals surface area contributed by atoms with Crippen molar-refractivity contribution in [2.24, 2.45) is 5.92 Å². The van der Waals surface area contributed by atoms with Gasteiger partial charge in [-0.05, 0) is 19.4 Å². The molecular formula is C9H15NO2. The molecule has 1 N–H and O–H groups in total. The topological polar surface area (TPSA) is 30.5 Å². The van der Waals surface area contributed by atoms with Crippen molar-refractivity contribution in [2.75, 3.05) is 26.3 Å². The van der Waals surface area contributed by atoms with Crippen LogP contribution in [0.1, 0.15) is 12.8 Å². The van der Waals surface area contributed by atoms with E-state index in [0.29, 0.717) is 6.10 Å². The van der Waals surface area contributed by atoms with E-state index in [-0.39, 0.29) is 5.60 Å². The molecule has 0 amide bonds. The van der Waals surface area contributed by atoms with Gasteiger partial charge in [-0.15, -0.1) is 0 Å². The molecule has 3 nitrogen and oxygen atoms in total. The van der Waals surface area contributed by atoms with Gasteiger partial charge in [0.1, 0.15) is 5.60 Å². The monoisotopic (exact) mass is 169 g/mol. The van der Waals surface area contributed by atoms with Crippen molar-refractivity contribution in [3.8, 4) is 0 Å². The van der Waals surface area contributed by atoms with E-state index < -0.39 is 0 Å². The van der Waals surface area contributed by atoms with Gasteiger partial charge in [-0.25, -0.2) is 0 Å². The van der Waals surface area contributed by atoms with Crippen LogP contribution in [0.25, 0.3) is 0 Å². The fraction of sp³-hybridized carbons (Fsp3) is 1.00. The Morgan fingerprint density at radius 2 is 2.25 bits per heavy atom. The van der Waals surface area contributed by atoms with Crippen LogP contribution in [0.2, 0.25) is 0 Å². The number of rotatable bonds is 0. The highest BCUT2D eigenvalue weighted by atomic mass is 16.6. The van der Waals surface area contributed by atoms with E-state index in [2.05, 4.69) is 5.32 Å². The zero-order chi connectivity index (χ0) is 8.02. The minimum Gasteiger partial charge on any atom is -0.375 e. The predicted octanol–water partition coefficient (Wildman–Crippen LogP) is 0.154. The summed E-state index contributed by atoms with van der Waals surface area (Å²) in [5.74, 6) is 0.752. The zero-order valence-electron chi connectivity index (χ0n) is 7.21. The molecule has 3 aliphatic heterocycles. The molecule has 3 fully saturated rings. The molecule has 0 aromatic heterocycles. The summed E-state index contributed by atoms with van der Waals surface area (Å²) >= 11 is 0. The molecule has 12 heavy (non-hydrogen) atoms. The van der Waals surface area contributed by atoms with Gasteiger partial charge in [0.25, 0.3) is 0 Å². The van der Waals surface area contributed by atoms with Gasteiger partial charge >= 0.3 is 0 Å². The second kappa shape index (κ2) is 2.44. The molecule has 3 heteroatoms. The van der Waals surface area contributed by atoms with Gasteiger partial charge in [-0.2, -0.15) is 0 Å². The second-order valence-electron chi connectivity index (χ2n) is 4.29. The van der Waals surface area contributed by atoms with E-state index in [1.807, 2.05) is 0 Å². The van der Waals surface area contributed by atoms with Crippen LogP contribution in [0.3, 0.4) is 0 Å². The number of hydrogen-bond acceptors (Lipinski definition) is 3. The molecular weight excluding hydrogens is 154 g/mol. The molecule has 3 heterocycles. The van der Waals surface area contributed by atoms with Crippen LogP contribution in [0.4, 0.5) is 0 Å². The highest BCUT2D eigenvalue weighted by Crippen LogP contribution is 2.41. The van der Waals surface area contributed by atoms with E-state index in [9.17, 15) is 0 Å². The van der Waals surface area contributed by atoms with Gasteiger partial charge in [0.2, 0.25) is 0 Å². The Morgan fingerprint density at radius 1 is 1.33 bits per heavy atom. The fourth-order valence-corrected chi connectivity index (χ4v) is 2.62. The molecule has 0 saturated carbocycles. The molecule has 0 bridgehead atoms. The molecule has 3 aliphatic rings. The Hall–Kier alpha value is -0.120. The normalized spacial score (nSPS) is 44.0. The van der Waals surface area contributed by atoms with Gasteiger partial charge in [0.05, 0.1) is 19.3 Å². The van der Waals surface area contributed by atoms with E-state index in [1.165, 1.54) is 12.8 Å². The summed E-state index contributed by atoms with van der Waals surface area (Å²) in [4.78, 5) is 0. The van der Waals surface area contributed by atoms with Gasteiger partial charge in [0.15, 0.2) is 0 Å². The first-order chi connectivity index (χ1) is 5.88. The summed E-state index contributed by atoms with van der Waals surface area (Å²) in [5.41, 5.74) is 0.140. The summed E-state index contributed by atoms with van der Waals surface area (Å²) < 4.78 is 11.2. The summed E-state index contributed by atoms with van der Waals surface area (Å²) in [6, 6.07) is 0. The maximum atomic E-state index is 6.02. The number of hydrogen-bond donors (Lipinski definition) is 1. The van der Waals surface area contributed by atoms with Crippen molar-refractivity contribution >= 4 is 0 Å². The maximum Gasteiger partial charge on any atom is 0.115 e. The number of piperidine rings is 1. The molecule has 2 unspecified atom stereocenters. The lowest BCUT2D eigenvalue weighted by Gasteiger charge is -2.37. The lowest BCUT2D eigenvalue weighted by atomic mass is 9.88. The Balaban J connectivity index is 1.74. The van der Waals surface area contributed by atoms with Crippen molar-refractivity contribution in [2.45, 2.75) is 24.5 Å². The van der Waals surface area contributed by atoms with Crippen LogP contribution < -0.4 is 5.32 Å². The highest BCUT2D eigenvalue weighted by Gasteiger charge is 2.51. The third-order valence-corrected chi connectivity index (χ3v) is 3.30. The lowest BCUT2D eigenvalue weighted by molar-refractivity contribution is -0.201. The highest BCUT2D eigenvalue weighted by molar-refractivity contribution is 5.00. The molecule has 2 atom stereocenters. The maximum absolute atomic E-state index is 6.02. The first kappa shape index (κ1) is 7.30. The first-order valence-electron chi connectivity index (χ1n) is 4.84. The molecule has 3 saturated heterocycles.